The molecule has 1 amide bonds. The third kappa shape index (κ3) is 3.72. The molecule has 1 fully saturated rings. The van der Waals surface area contributed by atoms with Gasteiger partial charge in [-0.2, -0.15) is 0 Å². The van der Waals surface area contributed by atoms with Crippen LogP contribution in [0.25, 0.3) is 0 Å². The van der Waals surface area contributed by atoms with Crippen LogP contribution in [-0.4, -0.2) is 48.2 Å². The van der Waals surface area contributed by atoms with E-state index in [1.807, 2.05) is 18.7 Å². The number of nitrogens with zero attached hydrogens (tertiary/aromatic N) is 1. The summed E-state index contributed by atoms with van der Waals surface area (Å²) in [7, 11) is 0. The lowest BCUT2D eigenvalue weighted by Crippen LogP contribution is -2.51. The summed E-state index contributed by atoms with van der Waals surface area (Å²) in [4.78, 5) is 27.0. The van der Waals surface area contributed by atoms with Gasteiger partial charge in [-0.25, -0.2) is 4.79 Å². The van der Waals surface area contributed by atoms with E-state index >= 15 is 0 Å². The highest BCUT2D eigenvalue weighted by Gasteiger charge is 2.33. The van der Waals surface area contributed by atoms with Crippen LogP contribution in [0.15, 0.2) is 18.2 Å². The van der Waals surface area contributed by atoms with E-state index < -0.39 is 12.1 Å². The molecule has 0 aliphatic carbocycles. The topological polar surface area (TPSA) is 65.1 Å². The monoisotopic (exact) mass is 347 g/mol. The molecule has 0 N–H and O–H groups in total. The van der Waals surface area contributed by atoms with Crippen LogP contribution < -0.4 is 9.47 Å². The van der Waals surface area contributed by atoms with E-state index in [2.05, 4.69) is 0 Å². The standard InChI is InChI=1S/C19H25NO5/c1-12-5-4-6-13(2)20(12)18(21)14(3)25-19(22)15-7-8-16-17(11-15)24-10-9-23-16/h7-8,11-14H,4-6,9-10H2,1-3H3/t12-,13-,14-/m1/s1. The molecule has 6 nitrogen and oxygen atoms in total. The highest BCUT2D eigenvalue weighted by molar-refractivity contribution is 5.93. The van der Waals surface area contributed by atoms with Gasteiger partial charge in [0.2, 0.25) is 0 Å². The Morgan fingerprint density at radius 2 is 1.76 bits per heavy atom. The van der Waals surface area contributed by atoms with Gasteiger partial charge in [-0.3, -0.25) is 4.79 Å². The average Bonchev–Trinajstić information content (AvgIpc) is 2.60. The van der Waals surface area contributed by atoms with Crippen molar-refractivity contribution in [3.8, 4) is 11.5 Å². The SMILES string of the molecule is C[C@@H]1CCC[C@@H](C)N1C(=O)[C@@H](C)OC(=O)c1ccc2c(c1)OCCO2. The molecule has 0 saturated carbocycles. The molecule has 2 aliphatic heterocycles. The second kappa shape index (κ2) is 7.33. The molecule has 2 heterocycles. The summed E-state index contributed by atoms with van der Waals surface area (Å²) >= 11 is 0. The summed E-state index contributed by atoms with van der Waals surface area (Å²) < 4.78 is 16.3. The molecule has 2 aliphatic rings. The lowest BCUT2D eigenvalue weighted by Gasteiger charge is -2.40. The van der Waals surface area contributed by atoms with Crippen molar-refractivity contribution in [3.63, 3.8) is 0 Å². The number of fused-ring (bicyclic) bond motifs is 1. The summed E-state index contributed by atoms with van der Waals surface area (Å²) in [5.74, 6) is 0.474. The number of rotatable bonds is 3. The minimum atomic E-state index is -0.816. The van der Waals surface area contributed by atoms with Crippen LogP contribution in [0.5, 0.6) is 11.5 Å². The Hall–Kier alpha value is -2.24. The molecule has 0 radical (unpaired) electrons. The summed E-state index contributed by atoms with van der Waals surface area (Å²) in [6.45, 7) is 6.66. The van der Waals surface area contributed by atoms with Crippen LogP contribution in [0.3, 0.4) is 0 Å². The summed E-state index contributed by atoms with van der Waals surface area (Å²) in [5, 5.41) is 0. The third-order valence-corrected chi connectivity index (χ3v) is 4.86. The molecule has 136 valence electrons. The van der Waals surface area contributed by atoms with Crippen molar-refractivity contribution in [2.75, 3.05) is 13.2 Å². The van der Waals surface area contributed by atoms with Gasteiger partial charge in [-0.15, -0.1) is 0 Å². The molecule has 0 aromatic heterocycles. The van der Waals surface area contributed by atoms with Crippen LogP contribution in [0.1, 0.15) is 50.4 Å². The molecule has 6 heteroatoms. The number of ether oxygens (including phenoxy) is 3. The number of amides is 1. The number of piperidine rings is 1. The van der Waals surface area contributed by atoms with Gasteiger partial charge in [0.25, 0.3) is 5.91 Å². The van der Waals surface area contributed by atoms with Crippen molar-refractivity contribution in [2.45, 2.75) is 58.2 Å². The Labute approximate surface area is 148 Å². The van der Waals surface area contributed by atoms with Crippen LogP contribution in [-0.2, 0) is 9.53 Å². The van der Waals surface area contributed by atoms with Gasteiger partial charge in [-0.05, 0) is 58.2 Å². The Balaban J connectivity index is 1.66. The third-order valence-electron chi connectivity index (χ3n) is 4.86. The molecule has 3 atom stereocenters. The number of hydrogen-bond donors (Lipinski definition) is 0. The van der Waals surface area contributed by atoms with Crippen molar-refractivity contribution >= 4 is 11.9 Å². The first-order chi connectivity index (χ1) is 12.0. The molecule has 1 saturated heterocycles. The number of carbonyl (C=O) groups is 2. The normalized spacial score (nSPS) is 23.7. The van der Waals surface area contributed by atoms with Crippen LogP contribution in [0.4, 0.5) is 0 Å². The number of carbonyl (C=O) groups excluding carboxylic acids is 2. The highest BCUT2D eigenvalue weighted by atomic mass is 16.6. The Morgan fingerprint density at radius 3 is 2.44 bits per heavy atom. The fourth-order valence-corrected chi connectivity index (χ4v) is 3.51. The quantitative estimate of drug-likeness (QED) is 0.787. The molecule has 1 aromatic carbocycles. The van der Waals surface area contributed by atoms with Gasteiger partial charge < -0.3 is 19.1 Å². The van der Waals surface area contributed by atoms with E-state index in [9.17, 15) is 9.59 Å². The maximum absolute atomic E-state index is 12.7. The molecular formula is C19H25NO5. The van der Waals surface area contributed by atoms with Crippen LogP contribution in [0.2, 0.25) is 0 Å². The Bertz CT molecular complexity index is 649. The van der Waals surface area contributed by atoms with Crippen LogP contribution >= 0.6 is 0 Å². The van der Waals surface area contributed by atoms with Gasteiger partial charge in [0.15, 0.2) is 17.6 Å². The van der Waals surface area contributed by atoms with Gasteiger partial charge in [0.1, 0.15) is 13.2 Å². The predicted molar refractivity (Wildman–Crippen MR) is 91.9 cm³/mol. The van der Waals surface area contributed by atoms with Gasteiger partial charge in [-0.1, -0.05) is 0 Å². The highest BCUT2D eigenvalue weighted by Crippen LogP contribution is 2.31. The fourth-order valence-electron chi connectivity index (χ4n) is 3.51. The maximum Gasteiger partial charge on any atom is 0.339 e. The van der Waals surface area contributed by atoms with E-state index in [1.54, 1.807) is 25.1 Å². The zero-order chi connectivity index (χ0) is 18.0. The molecule has 3 rings (SSSR count). The van der Waals surface area contributed by atoms with E-state index in [0.717, 1.165) is 19.3 Å². The summed E-state index contributed by atoms with van der Waals surface area (Å²) in [6, 6.07) is 5.25. The lowest BCUT2D eigenvalue weighted by molar-refractivity contribution is -0.146. The fraction of sp³-hybridized carbons (Fsp3) is 0.579. The summed E-state index contributed by atoms with van der Waals surface area (Å²) in [6.07, 6.45) is 2.28. The Morgan fingerprint density at radius 1 is 1.12 bits per heavy atom. The van der Waals surface area contributed by atoms with Crippen molar-refractivity contribution in [1.29, 1.82) is 0 Å². The molecular weight excluding hydrogens is 322 g/mol. The van der Waals surface area contributed by atoms with E-state index in [0.29, 0.717) is 30.3 Å². The van der Waals surface area contributed by atoms with Crippen molar-refractivity contribution in [1.82, 2.24) is 4.90 Å². The Kier molecular flexibility index (Phi) is 5.16. The van der Waals surface area contributed by atoms with E-state index in [4.69, 9.17) is 14.2 Å². The first-order valence-electron chi connectivity index (χ1n) is 8.90. The first kappa shape index (κ1) is 17.6. The van der Waals surface area contributed by atoms with Crippen molar-refractivity contribution in [2.24, 2.45) is 0 Å². The molecule has 25 heavy (non-hydrogen) atoms. The van der Waals surface area contributed by atoms with Crippen LogP contribution in [0, 0.1) is 0 Å². The number of hydrogen-bond acceptors (Lipinski definition) is 5. The molecule has 0 spiro atoms. The average molecular weight is 347 g/mol. The van der Waals surface area contributed by atoms with E-state index in [-0.39, 0.29) is 18.0 Å². The van der Waals surface area contributed by atoms with Crippen molar-refractivity contribution in [3.05, 3.63) is 23.8 Å². The predicted octanol–water partition coefficient (Wildman–Crippen LogP) is 2.79. The maximum atomic E-state index is 12.7. The number of likely N-dealkylation sites (tertiary alicyclic amines) is 1. The van der Waals surface area contributed by atoms with Gasteiger partial charge >= 0.3 is 5.97 Å². The van der Waals surface area contributed by atoms with Crippen molar-refractivity contribution < 1.29 is 23.8 Å². The smallest absolute Gasteiger partial charge is 0.339 e. The number of benzene rings is 1. The second-order valence-corrected chi connectivity index (χ2v) is 6.78. The molecule has 1 aromatic rings. The second-order valence-electron chi connectivity index (χ2n) is 6.78. The van der Waals surface area contributed by atoms with E-state index in [1.165, 1.54) is 0 Å². The molecule has 0 unspecified atom stereocenters. The number of esters is 1. The zero-order valence-corrected chi connectivity index (χ0v) is 15.0. The zero-order valence-electron chi connectivity index (χ0n) is 15.0. The largest absolute Gasteiger partial charge is 0.486 e. The minimum absolute atomic E-state index is 0.134. The lowest BCUT2D eigenvalue weighted by atomic mass is 9.97. The van der Waals surface area contributed by atoms with Gasteiger partial charge in [0.05, 0.1) is 5.56 Å². The minimum Gasteiger partial charge on any atom is -0.486 e. The summed E-state index contributed by atoms with van der Waals surface area (Å²) in [5.41, 5.74) is 0.351. The van der Waals surface area contributed by atoms with Gasteiger partial charge in [0, 0.05) is 12.1 Å². The first-order valence-corrected chi connectivity index (χ1v) is 8.90. The molecule has 0 bridgehead atoms.